The average molecular weight is 344 g/mol. The maximum absolute atomic E-state index is 12.6. The zero-order valence-electron chi connectivity index (χ0n) is 12.0. The van der Waals surface area contributed by atoms with Crippen LogP contribution in [-0.4, -0.2) is 43.8 Å². The second kappa shape index (κ2) is 7.39. The molecule has 0 atom stereocenters. The average Bonchev–Trinajstić information content (AvgIpc) is 2.46. The number of nitrogens with zero attached hydrogens (tertiary/aromatic N) is 3. The highest BCUT2D eigenvalue weighted by Crippen LogP contribution is 2.24. The SMILES string of the molecule is CN(CCN=C(N)N)S(=O)(=O)c1cccc2cnccc12.Cl. The van der Waals surface area contributed by atoms with Crippen LogP contribution in [0.2, 0.25) is 0 Å². The van der Waals surface area contributed by atoms with Crippen LogP contribution in [0.1, 0.15) is 0 Å². The Morgan fingerprint density at radius 3 is 2.73 bits per heavy atom. The van der Waals surface area contributed by atoms with E-state index in [1.54, 1.807) is 30.6 Å². The quantitative estimate of drug-likeness (QED) is 0.607. The van der Waals surface area contributed by atoms with Gasteiger partial charge in [-0.15, -0.1) is 12.4 Å². The molecule has 0 saturated carbocycles. The van der Waals surface area contributed by atoms with Gasteiger partial charge in [0.1, 0.15) is 0 Å². The van der Waals surface area contributed by atoms with E-state index in [0.29, 0.717) is 5.39 Å². The molecule has 0 bridgehead atoms. The number of nitrogens with two attached hydrogens (primary N) is 2. The molecule has 7 nitrogen and oxygen atoms in total. The van der Waals surface area contributed by atoms with Crippen molar-refractivity contribution in [2.75, 3.05) is 20.1 Å². The van der Waals surface area contributed by atoms with Crippen LogP contribution in [0.4, 0.5) is 0 Å². The molecule has 22 heavy (non-hydrogen) atoms. The van der Waals surface area contributed by atoms with Gasteiger partial charge in [0.05, 0.1) is 11.4 Å². The van der Waals surface area contributed by atoms with Crippen LogP contribution >= 0.6 is 12.4 Å². The Labute approximate surface area is 135 Å². The molecule has 4 N–H and O–H groups in total. The zero-order valence-corrected chi connectivity index (χ0v) is 13.6. The van der Waals surface area contributed by atoms with Crippen LogP contribution in [0.3, 0.4) is 0 Å². The lowest BCUT2D eigenvalue weighted by Gasteiger charge is -2.17. The molecule has 1 aromatic carbocycles. The van der Waals surface area contributed by atoms with Gasteiger partial charge in [0, 0.05) is 36.8 Å². The zero-order chi connectivity index (χ0) is 15.5. The first-order chi connectivity index (χ1) is 9.93. The van der Waals surface area contributed by atoms with Gasteiger partial charge >= 0.3 is 0 Å². The van der Waals surface area contributed by atoms with Gasteiger partial charge in [-0.3, -0.25) is 9.98 Å². The normalized spacial score (nSPS) is 11.2. The van der Waals surface area contributed by atoms with Gasteiger partial charge in [0.15, 0.2) is 5.96 Å². The Morgan fingerprint density at radius 1 is 1.32 bits per heavy atom. The van der Waals surface area contributed by atoms with E-state index in [0.717, 1.165) is 5.39 Å². The van der Waals surface area contributed by atoms with Gasteiger partial charge in [0.2, 0.25) is 10.0 Å². The van der Waals surface area contributed by atoms with Crippen molar-refractivity contribution in [3.8, 4) is 0 Å². The molecular weight excluding hydrogens is 326 g/mol. The highest BCUT2D eigenvalue weighted by Gasteiger charge is 2.22. The Balaban J connectivity index is 0.00000242. The highest BCUT2D eigenvalue weighted by molar-refractivity contribution is 7.89. The number of pyridine rings is 1. The van der Waals surface area contributed by atoms with Crippen LogP contribution in [0, 0.1) is 0 Å². The van der Waals surface area contributed by atoms with Crippen molar-refractivity contribution < 1.29 is 8.42 Å². The summed E-state index contributed by atoms with van der Waals surface area (Å²) in [6.45, 7) is 0.409. The summed E-state index contributed by atoms with van der Waals surface area (Å²) in [4.78, 5) is 8.03. The van der Waals surface area contributed by atoms with Gasteiger partial charge in [0.25, 0.3) is 0 Å². The Kier molecular flexibility index (Phi) is 6.10. The van der Waals surface area contributed by atoms with Crippen molar-refractivity contribution in [3.63, 3.8) is 0 Å². The molecule has 0 saturated heterocycles. The summed E-state index contributed by atoms with van der Waals surface area (Å²) in [6.07, 6.45) is 3.20. The first-order valence-electron chi connectivity index (χ1n) is 6.27. The first-order valence-corrected chi connectivity index (χ1v) is 7.71. The first kappa shape index (κ1) is 18.1. The number of aromatic nitrogens is 1. The fourth-order valence-electron chi connectivity index (χ4n) is 1.93. The molecule has 0 spiro atoms. The van der Waals surface area contributed by atoms with E-state index in [2.05, 4.69) is 9.98 Å². The fraction of sp³-hybridized carbons (Fsp3) is 0.231. The number of hydrogen-bond donors (Lipinski definition) is 2. The predicted molar refractivity (Wildman–Crippen MR) is 89.5 cm³/mol. The molecule has 0 aliphatic carbocycles. The molecule has 0 fully saturated rings. The minimum absolute atomic E-state index is 0. The molecule has 2 aromatic rings. The summed E-state index contributed by atoms with van der Waals surface area (Å²) in [6, 6.07) is 6.78. The van der Waals surface area contributed by atoms with E-state index >= 15 is 0 Å². The lowest BCUT2D eigenvalue weighted by atomic mass is 10.2. The molecule has 0 radical (unpaired) electrons. The van der Waals surface area contributed by atoms with Crippen LogP contribution in [0.25, 0.3) is 10.8 Å². The summed E-state index contributed by atoms with van der Waals surface area (Å²) in [5.74, 6) is -0.0583. The summed E-state index contributed by atoms with van der Waals surface area (Å²) < 4.78 is 26.5. The summed E-state index contributed by atoms with van der Waals surface area (Å²) >= 11 is 0. The monoisotopic (exact) mass is 343 g/mol. The second-order valence-electron chi connectivity index (χ2n) is 4.49. The second-order valence-corrected chi connectivity index (χ2v) is 6.50. The van der Waals surface area contributed by atoms with Gasteiger partial charge in [-0.2, -0.15) is 4.31 Å². The van der Waals surface area contributed by atoms with Crippen molar-refractivity contribution in [2.45, 2.75) is 4.90 Å². The number of likely N-dealkylation sites (N-methyl/N-ethyl adjacent to an activating group) is 1. The van der Waals surface area contributed by atoms with Gasteiger partial charge < -0.3 is 11.5 Å². The van der Waals surface area contributed by atoms with Crippen LogP contribution in [0.5, 0.6) is 0 Å². The number of halogens is 1. The van der Waals surface area contributed by atoms with Crippen LogP contribution in [-0.2, 0) is 10.0 Å². The molecule has 1 heterocycles. The lowest BCUT2D eigenvalue weighted by molar-refractivity contribution is 0.477. The van der Waals surface area contributed by atoms with Gasteiger partial charge in [-0.05, 0) is 12.1 Å². The summed E-state index contributed by atoms with van der Waals surface area (Å²) in [5.41, 5.74) is 10.5. The molecule has 1 aromatic heterocycles. The molecule has 0 aliphatic heterocycles. The molecule has 120 valence electrons. The van der Waals surface area contributed by atoms with Crippen LogP contribution in [0.15, 0.2) is 46.5 Å². The summed E-state index contributed by atoms with van der Waals surface area (Å²) in [5, 5.41) is 1.41. The topological polar surface area (TPSA) is 115 Å². The third kappa shape index (κ3) is 3.85. The van der Waals surface area contributed by atoms with Crippen molar-refractivity contribution in [1.29, 1.82) is 0 Å². The van der Waals surface area contributed by atoms with E-state index in [-0.39, 0.29) is 36.4 Å². The largest absolute Gasteiger partial charge is 0.370 e. The molecule has 0 aliphatic rings. The minimum atomic E-state index is -3.61. The van der Waals surface area contributed by atoms with E-state index < -0.39 is 10.0 Å². The highest BCUT2D eigenvalue weighted by atomic mass is 35.5. The standard InChI is InChI=1S/C13H17N5O2S.ClH/c1-18(8-7-17-13(14)15)21(19,20)12-4-2-3-10-9-16-6-5-11(10)12;/h2-6,9H,7-8H2,1H3,(H4,14,15,17);1H. The Morgan fingerprint density at radius 2 is 2.05 bits per heavy atom. The van der Waals surface area contributed by atoms with Gasteiger partial charge in [-0.1, -0.05) is 12.1 Å². The van der Waals surface area contributed by atoms with Crippen LogP contribution < -0.4 is 11.5 Å². The number of aliphatic imine (C=N–C) groups is 1. The van der Waals surface area contributed by atoms with Crippen molar-refractivity contribution in [3.05, 3.63) is 36.7 Å². The number of benzene rings is 1. The maximum atomic E-state index is 12.6. The molecule has 0 unspecified atom stereocenters. The maximum Gasteiger partial charge on any atom is 0.243 e. The predicted octanol–water partition coefficient (Wildman–Crippen LogP) is 0.551. The Bertz CT molecular complexity index is 770. The van der Waals surface area contributed by atoms with E-state index in [9.17, 15) is 8.42 Å². The van der Waals surface area contributed by atoms with E-state index in [1.807, 2.05) is 6.07 Å². The lowest BCUT2D eigenvalue weighted by Crippen LogP contribution is -2.31. The fourth-order valence-corrected chi connectivity index (χ4v) is 3.30. The number of guanidine groups is 1. The van der Waals surface area contributed by atoms with E-state index in [1.165, 1.54) is 11.4 Å². The van der Waals surface area contributed by atoms with Crippen molar-refractivity contribution >= 4 is 39.2 Å². The molecule has 0 amide bonds. The third-order valence-corrected chi connectivity index (χ3v) is 4.95. The molecule has 2 rings (SSSR count). The number of rotatable bonds is 5. The third-order valence-electron chi connectivity index (χ3n) is 3.04. The number of hydrogen-bond acceptors (Lipinski definition) is 4. The minimum Gasteiger partial charge on any atom is -0.370 e. The smallest absolute Gasteiger partial charge is 0.243 e. The Hall–Kier alpha value is -1.90. The molecule has 9 heteroatoms. The van der Waals surface area contributed by atoms with Crippen molar-refractivity contribution in [2.24, 2.45) is 16.5 Å². The number of sulfonamides is 1. The van der Waals surface area contributed by atoms with Crippen molar-refractivity contribution in [1.82, 2.24) is 9.29 Å². The van der Waals surface area contributed by atoms with Gasteiger partial charge in [-0.25, -0.2) is 8.42 Å². The summed E-state index contributed by atoms with van der Waals surface area (Å²) in [7, 11) is -2.11. The van der Waals surface area contributed by atoms with E-state index in [4.69, 9.17) is 11.5 Å². The molecular formula is C13H18ClN5O2S. The number of fused-ring (bicyclic) bond motifs is 1.